The molecule has 0 unspecified atom stereocenters. The summed E-state index contributed by atoms with van der Waals surface area (Å²) in [6.45, 7) is 1.75. The molecule has 0 spiro atoms. The number of carbonyl (C=O) groups excluding carboxylic acids is 1. The van der Waals surface area contributed by atoms with E-state index in [9.17, 15) is 4.79 Å². The van der Waals surface area contributed by atoms with Gasteiger partial charge in [0, 0.05) is 6.42 Å². The molecule has 0 fully saturated rings. The van der Waals surface area contributed by atoms with Crippen molar-refractivity contribution in [2.45, 2.75) is 26.2 Å². The van der Waals surface area contributed by atoms with Gasteiger partial charge in [-0.15, -0.1) is 5.92 Å². The second-order valence-corrected chi connectivity index (χ2v) is 3.13. The highest BCUT2D eigenvalue weighted by Crippen LogP contribution is 2.03. The number of aryl methyl sites for hydroxylation is 1. The Labute approximate surface area is 85.1 Å². The zero-order valence-corrected chi connectivity index (χ0v) is 8.42. The van der Waals surface area contributed by atoms with Crippen molar-refractivity contribution in [1.29, 1.82) is 0 Å². The summed E-state index contributed by atoms with van der Waals surface area (Å²) in [6, 6.07) is 10.0. The third kappa shape index (κ3) is 3.91. The Hall–Kier alpha value is -1.55. The molecule has 0 heterocycles. The Morgan fingerprint density at radius 3 is 2.64 bits per heavy atom. The topological polar surface area (TPSA) is 17.1 Å². The van der Waals surface area contributed by atoms with E-state index in [0.29, 0.717) is 12.8 Å². The van der Waals surface area contributed by atoms with E-state index in [0.717, 1.165) is 6.42 Å². The van der Waals surface area contributed by atoms with Crippen molar-refractivity contribution in [2.75, 3.05) is 0 Å². The van der Waals surface area contributed by atoms with Crippen LogP contribution in [0.1, 0.15) is 25.3 Å². The van der Waals surface area contributed by atoms with Gasteiger partial charge in [-0.3, -0.25) is 4.79 Å². The summed E-state index contributed by atoms with van der Waals surface area (Å²) in [5.74, 6) is 5.74. The van der Waals surface area contributed by atoms with Crippen molar-refractivity contribution in [2.24, 2.45) is 0 Å². The average molecular weight is 186 g/mol. The fourth-order valence-corrected chi connectivity index (χ4v) is 1.20. The molecule has 0 aliphatic rings. The Morgan fingerprint density at radius 2 is 2.00 bits per heavy atom. The predicted molar refractivity (Wildman–Crippen MR) is 57.8 cm³/mol. The highest BCUT2D eigenvalue weighted by Gasteiger charge is 1.99. The maximum atomic E-state index is 11.3. The van der Waals surface area contributed by atoms with Crippen LogP contribution in [0.3, 0.4) is 0 Å². The van der Waals surface area contributed by atoms with E-state index in [4.69, 9.17) is 0 Å². The summed E-state index contributed by atoms with van der Waals surface area (Å²) in [7, 11) is 0. The van der Waals surface area contributed by atoms with Crippen LogP contribution in [0.4, 0.5) is 0 Å². The molecule has 72 valence electrons. The molecule has 1 rings (SSSR count). The van der Waals surface area contributed by atoms with E-state index in [-0.39, 0.29) is 5.78 Å². The highest BCUT2D eigenvalue weighted by molar-refractivity contribution is 5.80. The molecular weight excluding hydrogens is 172 g/mol. The van der Waals surface area contributed by atoms with E-state index >= 15 is 0 Å². The number of Topliss-reactive ketones (excluding diaryl/α,β-unsaturated/α-hetero) is 1. The minimum Gasteiger partial charge on any atom is -0.299 e. The first-order valence-corrected chi connectivity index (χ1v) is 4.78. The largest absolute Gasteiger partial charge is 0.299 e. The zero-order valence-electron chi connectivity index (χ0n) is 8.42. The fourth-order valence-electron chi connectivity index (χ4n) is 1.20. The summed E-state index contributed by atoms with van der Waals surface area (Å²) in [4.78, 5) is 11.3. The Balaban J connectivity index is 2.33. The standard InChI is InChI=1S/C13H14O/c1-2-3-9-13(14)11-10-12-7-5-4-6-8-12/h4-8H,9-11H2,1H3. The molecular formula is C13H14O. The van der Waals surface area contributed by atoms with Crippen LogP contribution in [-0.2, 0) is 11.2 Å². The molecule has 1 heteroatoms. The number of benzene rings is 1. The Bertz CT molecular complexity index is 340. The normalized spacial score (nSPS) is 8.93. The second kappa shape index (κ2) is 5.99. The summed E-state index contributed by atoms with van der Waals surface area (Å²) in [5, 5.41) is 0. The van der Waals surface area contributed by atoms with Gasteiger partial charge >= 0.3 is 0 Å². The molecule has 0 saturated heterocycles. The van der Waals surface area contributed by atoms with Gasteiger partial charge in [0.15, 0.2) is 0 Å². The molecule has 1 nitrogen and oxygen atoms in total. The van der Waals surface area contributed by atoms with Gasteiger partial charge in [0.2, 0.25) is 0 Å². The third-order valence-electron chi connectivity index (χ3n) is 2.00. The van der Waals surface area contributed by atoms with Crippen molar-refractivity contribution in [3.05, 3.63) is 35.9 Å². The summed E-state index contributed by atoms with van der Waals surface area (Å²) in [6.07, 6.45) is 1.81. The predicted octanol–water partition coefficient (Wildman–Crippen LogP) is 2.60. The molecule has 0 aliphatic heterocycles. The molecule has 0 amide bonds. The molecule has 0 aromatic heterocycles. The van der Waals surface area contributed by atoms with Gasteiger partial charge in [0.05, 0.1) is 6.42 Å². The van der Waals surface area contributed by atoms with E-state index in [2.05, 4.69) is 11.8 Å². The van der Waals surface area contributed by atoms with Gasteiger partial charge in [-0.05, 0) is 18.9 Å². The number of rotatable bonds is 4. The zero-order chi connectivity index (χ0) is 10.2. The number of ketones is 1. The van der Waals surface area contributed by atoms with Gasteiger partial charge in [0.25, 0.3) is 0 Å². The number of hydrogen-bond acceptors (Lipinski definition) is 1. The van der Waals surface area contributed by atoms with Crippen LogP contribution in [0.2, 0.25) is 0 Å². The van der Waals surface area contributed by atoms with E-state index in [1.165, 1.54) is 5.56 Å². The maximum Gasteiger partial charge on any atom is 0.145 e. The van der Waals surface area contributed by atoms with E-state index < -0.39 is 0 Å². The van der Waals surface area contributed by atoms with Gasteiger partial charge in [0.1, 0.15) is 5.78 Å². The smallest absolute Gasteiger partial charge is 0.145 e. The number of hydrogen-bond donors (Lipinski definition) is 0. The minimum atomic E-state index is 0.225. The molecule has 1 aromatic carbocycles. The van der Waals surface area contributed by atoms with Crippen LogP contribution >= 0.6 is 0 Å². The minimum absolute atomic E-state index is 0.225. The van der Waals surface area contributed by atoms with Crippen molar-refractivity contribution in [3.8, 4) is 11.8 Å². The molecule has 0 bridgehead atoms. The molecule has 0 saturated carbocycles. The van der Waals surface area contributed by atoms with Crippen LogP contribution < -0.4 is 0 Å². The Morgan fingerprint density at radius 1 is 1.29 bits per heavy atom. The van der Waals surface area contributed by atoms with Crippen molar-refractivity contribution in [1.82, 2.24) is 0 Å². The first-order valence-electron chi connectivity index (χ1n) is 4.78. The van der Waals surface area contributed by atoms with Crippen LogP contribution in [0.15, 0.2) is 30.3 Å². The van der Waals surface area contributed by atoms with Gasteiger partial charge < -0.3 is 0 Å². The van der Waals surface area contributed by atoms with Gasteiger partial charge in [-0.1, -0.05) is 36.3 Å². The van der Waals surface area contributed by atoms with Crippen LogP contribution in [-0.4, -0.2) is 5.78 Å². The molecule has 0 radical (unpaired) electrons. The highest BCUT2D eigenvalue weighted by atomic mass is 16.1. The lowest BCUT2D eigenvalue weighted by Gasteiger charge is -1.98. The molecule has 14 heavy (non-hydrogen) atoms. The molecule has 0 atom stereocenters. The lowest BCUT2D eigenvalue weighted by atomic mass is 10.1. The van der Waals surface area contributed by atoms with Crippen LogP contribution in [0, 0.1) is 11.8 Å². The summed E-state index contributed by atoms with van der Waals surface area (Å²) in [5.41, 5.74) is 1.21. The van der Waals surface area contributed by atoms with Crippen LogP contribution in [0.5, 0.6) is 0 Å². The van der Waals surface area contributed by atoms with Gasteiger partial charge in [-0.25, -0.2) is 0 Å². The van der Waals surface area contributed by atoms with Gasteiger partial charge in [-0.2, -0.15) is 0 Å². The van der Waals surface area contributed by atoms with E-state index in [1.54, 1.807) is 6.92 Å². The third-order valence-corrected chi connectivity index (χ3v) is 2.00. The first kappa shape index (κ1) is 10.5. The molecule has 0 N–H and O–H groups in total. The first-order chi connectivity index (χ1) is 6.83. The lowest BCUT2D eigenvalue weighted by Crippen LogP contribution is -1.98. The van der Waals surface area contributed by atoms with E-state index in [1.807, 2.05) is 30.3 Å². The molecule has 0 aliphatic carbocycles. The van der Waals surface area contributed by atoms with Crippen LogP contribution in [0.25, 0.3) is 0 Å². The van der Waals surface area contributed by atoms with Crippen molar-refractivity contribution in [3.63, 3.8) is 0 Å². The fraction of sp³-hybridized carbons (Fsp3) is 0.308. The SMILES string of the molecule is CC#CCC(=O)CCc1ccccc1. The maximum absolute atomic E-state index is 11.3. The van der Waals surface area contributed by atoms with Crippen molar-refractivity contribution < 1.29 is 4.79 Å². The summed E-state index contributed by atoms with van der Waals surface area (Å²) < 4.78 is 0. The lowest BCUT2D eigenvalue weighted by molar-refractivity contribution is -0.118. The summed E-state index contributed by atoms with van der Waals surface area (Å²) >= 11 is 0. The van der Waals surface area contributed by atoms with Crippen molar-refractivity contribution >= 4 is 5.78 Å². The average Bonchev–Trinajstić information content (AvgIpc) is 2.25. The number of carbonyl (C=O) groups is 1. The monoisotopic (exact) mass is 186 g/mol. The quantitative estimate of drug-likeness (QED) is 0.660. The second-order valence-electron chi connectivity index (χ2n) is 3.13. The molecule has 1 aromatic rings. The Kier molecular flexibility index (Phi) is 4.50.